The van der Waals surface area contributed by atoms with Gasteiger partial charge in [0.05, 0.1) is 0 Å². The van der Waals surface area contributed by atoms with Gasteiger partial charge in [-0.25, -0.2) is 4.79 Å². The van der Waals surface area contributed by atoms with Gasteiger partial charge in [0.2, 0.25) is 0 Å². The third kappa shape index (κ3) is 3.12. The van der Waals surface area contributed by atoms with Crippen molar-refractivity contribution < 1.29 is 4.79 Å². The molecule has 0 aliphatic carbocycles. The zero-order valence-electron chi connectivity index (χ0n) is 15.7. The van der Waals surface area contributed by atoms with Crippen molar-refractivity contribution in [2.24, 2.45) is 5.92 Å². The summed E-state index contributed by atoms with van der Waals surface area (Å²) in [7, 11) is 0. The Morgan fingerprint density at radius 1 is 1.00 bits per heavy atom. The molecule has 3 aliphatic heterocycles. The molecule has 0 spiro atoms. The minimum atomic E-state index is 0.0634. The van der Waals surface area contributed by atoms with Crippen LogP contribution < -0.4 is 5.32 Å². The summed E-state index contributed by atoms with van der Waals surface area (Å²) in [5.41, 5.74) is 3.86. The second-order valence-electron chi connectivity index (χ2n) is 8.15. The van der Waals surface area contributed by atoms with Crippen molar-refractivity contribution in [3.63, 3.8) is 0 Å². The molecule has 4 nitrogen and oxygen atoms in total. The van der Waals surface area contributed by atoms with Gasteiger partial charge in [0.15, 0.2) is 0 Å². The second kappa shape index (κ2) is 7.01. The minimum Gasteiger partial charge on any atom is -0.321 e. The number of urea groups is 1. The Morgan fingerprint density at radius 3 is 2.70 bits per heavy atom. The van der Waals surface area contributed by atoms with Crippen LogP contribution in [0.25, 0.3) is 0 Å². The van der Waals surface area contributed by atoms with E-state index < -0.39 is 0 Å². The molecule has 27 heavy (non-hydrogen) atoms. The number of fused-ring (bicyclic) bond motifs is 4. The third-order valence-electron chi connectivity index (χ3n) is 6.66. The number of piperidine rings is 2. The van der Waals surface area contributed by atoms with Gasteiger partial charge >= 0.3 is 6.03 Å². The SMILES string of the molecule is O=C(Nc1ccccc1)N1CCCC2CN3CCc4ccccc4C3CC21. The molecule has 0 radical (unpaired) electrons. The topological polar surface area (TPSA) is 35.6 Å². The lowest BCUT2D eigenvalue weighted by atomic mass is 9.77. The number of rotatable bonds is 1. The first-order chi connectivity index (χ1) is 13.3. The van der Waals surface area contributed by atoms with E-state index in [-0.39, 0.29) is 6.03 Å². The highest BCUT2D eigenvalue weighted by atomic mass is 16.2. The molecule has 2 fully saturated rings. The number of carbonyl (C=O) groups is 1. The van der Waals surface area contributed by atoms with Crippen LogP contribution in [0.1, 0.15) is 36.4 Å². The smallest absolute Gasteiger partial charge is 0.321 e. The molecule has 2 amide bonds. The molecule has 0 saturated carbocycles. The molecule has 3 aliphatic rings. The number of hydrogen-bond donors (Lipinski definition) is 1. The molecule has 2 aromatic carbocycles. The van der Waals surface area contributed by atoms with Crippen LogP contribution in [0.2, 0.25) is 0 Å². The fourth-order valence-electron chi connectivity index (χ4n) is 5.37. The number of amides is 2. The van der Waals surface area contributed by atoms with Gasteiger partial charge < -0.3 is 10.2 Å². The predicted molar refractivity (Wildman–Crippen MR) is 108 cm³/mol. The van der Waals surface area contributed by atoms with Crippen molar-refractivity contribution in [2.75, 3.05) is 25.0 Å². The van der Waals surface area contributed by atoms with Crippen LogP contribution in [-0.4, -0.2) is 41.5 Å². The summed E-state index contributed by atoms with van der Waals surface area (Å²) in [6, 6.07) is 19.6. The van der Waals surface area contributed by atoms with Gasteiger partial charge in [-0.05, 0) is 54.9 Å². The van der Waals surface area contributed by atoms with E-state index in [1.807, 2.05) is 30.3 Å². The van der Waals surface area contributed by atoms with E-state index in [0.29, 0.717) is 18.0 Å². The lowest BCUT2D eigenvalue weighted by molar-refractivity contribution is 0.00827. The molecular weight excluding hydrogens is 334 g/mol. The third-order valence-corrected chi connectivity index (χ3v) is 6.66. The summed E-state index contributed by atoms with van der Waals surface area (Å²) < 4.78 is 0. The van der Waals surface area contributed by atoms with Gasteiger partial charge in [-0.3, -0.25) is 4.90 Å². The predicted octanol–water partition coefficient (Wildman–Crippen LogP) is 4.30. The van der Waals surface area contributed by atoms with Gasteiger partial charge in [0.25, 0.3) is 0 Å². The van der Waals surface area contributed by atoms with E-state index in [0.717, 1.165) is 44.6 Å². The number of anilines is 1. The quantitative estimate of drug-likeness (QED) is 0.822. The Bertz CT molecular complexity index is 821. The first kappa shape index (κ1) is 16.8. The molecule has 2 saturated heterocycles. The summed E-state index contributed by atoms with van der Waals surface area (Å²) in [4.78, 5) is 17.8. The van der Waals surface area contributed by atoms with E-state index in [1.54, 1.807) is 0 Å². The largest absolute Gasteiger partial charge is 0.322 e. The molecule has 3 unspecified atom stereocenters. The summed E-state index contributed by atoms with van der Waals surface area (Å²) >= 11 is 0. The normalized spacial score (nSPS) is 27.3. The van der Waals surface area contributed by atoms with E-state index in [9.17, 15) is 4.79 Å². The molecule has 3 atom stereocenters. The van der Waals surface area contributed by atoms with Crippen LogP contribution in [0.4, 0.5) is 10.5 Å². The lowest BCUT2D eigenvalue weighted by Crippen LogP contribution is -2.58. The van der Waals surface area contributed by atoms with Gasteiger partial charge in [-0.15, -0.1) is 0 Å². The highest BCUT2D eigenvalue weighted by Crippen LogP contribution is 2.42. The molecule has 1 N–H and O–H groups in total. The second-order valence-corrected chi connectivity index (χ2v) is 8.15. The van der Waals surface area contributed by atoms with Crippen LogP contribution in [0.5, 0.6) is 0 Å². The van der Waals surface area contributed by atoms with Gasteiger partial charge in [0.1, 0.15) is 0 Å². The average Bonchev–Trinajstić information content (AvgIpc) is 2.72. The summed E-state index contributed by atoms with van der Waals surface area (Å²) in [5, 5.41) is 3.11. The van der Waals surface area contributed by atoms with Crippen molar-refractivity contribution in [1.29, 1.82) is 0 Å². The number of benzene rings is 2. The van der Waals surface area contributed by atoms with Crippen molar-refractivity contribution in [1.82, 2.24) is 9.80 Å². The lowest BCUT2D eigenvalue weighted by Gasteiger charge is -2.52. The Kier molecular flexibility index (Phi) is 4.36. The Morgan fingerprint density at radius 2 is 1.81 bits per heavy atom. The number of carbonyl (C=O) groups excluding carboxylic acids is 1. The van der Waals surface area contributed by atoms with Gasteiger partial charge in [0, 0.05) is 37.4 Å². The number of likely N-dealkylation sites (tertiary alicyclic amines) is 1. The standard InChI is InChI=1S/C23H27N3O/c27-23(24-19-9-2-1-3-10-19)26-13-6-8-18-16-25-14-12-17-7-4-5-11-20(17)22(25)15-21(18)26/h1-5,7,9-11,18,21-22H,6,8,12-16H2,(H,24,27). The first-order valence-electron chi connectivity index (χ1n) is 10.2. The van der Waals surface area contributed by atoms with Crippen LogP contribution in [0.15, 0.2) is 54.6 Å². The summed E-state index contributed by atoms with van der Waals surface area (Å²) in [6.07, 6.45) is 4.56. The van der Waals surface area contributed by atoms with Crippen molar-refractivity contribution >= 4 is 11.7 Å². The Labute approximate surface area is 161 Å². The Hall–Kier alpha value is -2.33. The fourth-order valence-corrected chi connectivity index (χ4v) is 5.37. The summed E-state index contributed by atoms with van der Waals surface area (Å²) in [5.74, 6) is 0.599. The maximum atomic E-state index is 13.0. The molecular formula is C23H27N3O. The van der Waals surface area contributed by atoms with Crippen molar-refractivity contribution in [2.45, 2.75) is 37.8 Å². The van der Waals surface area contributed by atoms with E-state index in [2.05, 4.69) is 39.4 Å². The molecule has 0 aromatic heterocycles. The average molecular weight is 361 g/mol. The number of nitrogens with one attached hydrogen (secondary N) is 1. The highest BCUT2D eigenvalue weighted by Gasteiger charge is 2.43. The fraction of sp³-hybridized carbons (Fsp3) is 0.435. The van der Waals surface area contributed by atoms with Crippen LogP contribution in [0.3, 0.4) is 0 Å². The zero-order valence-corrected chi connectivity index (χ0v) is 15.7. The molecule has 5 rings (SSSR count). The first-order valence-corrected chi connectivity index (χ1v) is 10.2. The number of nitrogens with zero attached hydrogens (tertiary/aromatic N) is 2. The molecule has 2 aromatic rings. The van der Waals surface area contributed by atoms with Gasteiger partial charge in [-0.2, -0.15) is 0 Å². The van der Waals surface area contributed by atoms with Gasteiger partial charge in [-0.1, -0.05) is 42.5 Å². The maximum absolute atomic E-state index is 13.0. The van der Waals surface area contributed by atoms with Crippen molar-refractivity contribution in [3.8, 4) is 0 Å². The van der Waals surface area contributed by atoms with Crippen LogP contribution in [-0.2, 0) is 6.42 Å². The highest BCUT2D eigenvalue weighted by molar-refractivity contribution is 5.89. The molecule has 140 valence electrons. The number of para-hydroxylation sites is 1. The minimum absolute atomic E-state index is 0.0634. The van der Waals surface area contributed by atoms with E-state index >= 15 is 0 Å². The van der Waals surface area contributed by atoms with E-state index in [1.165, 1.54) is 17.5 Å². The Balaban J connectivity index is 1.38. The zero-order chi connectivity index (χ0) is 18.2. The molecule has 3 heterocycles. The van der Waals surface area contributed by atoms with Crippen LogP contribution in [0, 0.1) is 5.92 Å². The maximum Gasteiger partial charge on any atom is 0.322 e. The monoisotopic (exact) mass is 361 g/mol. The number of hydrogen-bond acceptors (Lipinski definition) is 2. The van der Waals surface area contributed by atoms with Crippen molar-refractivity contribution in [3.05, 3.63) is 65.7 Å². The van der Waals surface area contributed by atoms with Crippen LogP contribution >= 0.6 is 0 Å². The van der Waals surface area contributed by atoms with E-state index in [4.69, 9.17) is 0 Å². The molecule has 4 heteroatoms. The summed E-state index contributed by atoms with van der Waals surface area (Å²) in [6.45, 7) is 3.15. The molecule has 0 bridgehead atoms.